The molecule has 1 aliphatic heterocycles. The molecule has 0 aromatic carbocycles. The fourth-order valence-electron chi connectivity index (χ4n) is 12.0. The lowest BCUT2D eigenvalue weighted by Gasteiger charge is -2.70. The highest BCUT2D eigenvalue weighted by atomic mass is 16.6. The molecule has 2 N–H and O–H groups in total. The Bertz CT molecular complexity index is 1040. The number of methoxy groups -OCH3 is 2. The predicted molar refractivity (Wildman–Crippen MR) is 136 cm³/mol. The lowest BCUT2D eigenvalue weighted by atomic mass is 9.40. The Morgan fingerprint density at radius 2 is 1.63 bits per heavy atom. The summed E-state index contributed by atoms with van der Waals surface area (Å²) in [5, 5.41) is 25.6. The van der Waals surface area contributed by atoms with Crippen LogP contribution in [-0.2, 0) is 28.5 Å². The van der Waals surface area contributed by atoms with Crippen LogP contribution in [0.2, 0.25) is 0 Å². The molecule has 214 valence electrons. The normalized spacial score (nSPS) is 58.0. The van der Waals surface area contributed by atoms with E-state index in [-0.39, 0.29) is 35.5 Å². The van der Waals surface area contributed by atoms with Crippen LogP contribution in [-0.4, -0.2) is 96.5 Å². The second kappa shape index (κ2) is 8.15. The quantitative estimate of drug-likeness (QED) is 0.507. The minimum absolute atomic E-state index is 0.0677. The molecule has 5 saturated carbocycles. The summed E-state index contributed by atoms with van der Waals surface area (Å²) in [6.45, 7) is 9.96. The first-order valence-electron chi connectivity index (χ1n) is 14.4. The smallest absolute Gasteiger partial charge is 0.303 e. The van der Waals surface area contributed by atoms with Crippen molar-refractivity contribution >= 4 is 11.9 Å². The number of rotatable bonds is 5. The van der Waals surface area contributed by atoms with Crippen LogP contribution < -0.4 is 0 Å². The van der Waals surface area contributed by atoms with Crippen molar-refractivity contribution in [2.75, 3.05) is 27.8 Å². The van der Waals surface area contributed by atoms with Crippen molar-refractivity contribution in [1.82, 2.24) is 4.90 Å². The number of hydrogen-bond donors (Lipinski definition) is 2. The van der Waals surface area contributed by atoms with Crippen LogP contribution in [0.15, 0.2) is 0 Å². The van der Waals surface area contributed by atoms with Gasteiger partial charge in [0.2, 0.25) is 0 Å². The number of likely N-dealkylation sites (tertiary alicyclic amines) is 1. The first kappa shape index (κ1) is 26.9. The average Bonchev–Trinajstić information content (AvgIpc) is 3.25. The SMILES string of the molecule is CC[C@]12CN(C)[C@@H]3C4[C@H](OC)[C@H]1[C@@]3([C@@H](OC)C[C@H]2C)[C@@H]1C[C@@]2(O)[C@H](OC(C)=O)[C@@H]1[C@]4(O)[C@@H](OC(C)=O)[C@@H]2C. The zero-order valence-electron chi connectivity index (χ0n) is 24.0. The topological polar surface area (TPSA) is 115 Å². The largest absolute Gasteiger partial charge is 0.459 e. The highest BCUT2D eigenvalue weighted by molar-refractivity contribution is 5.67. The summed E-state index contributed by atoms with van der Waals surface area (Å²) in [4.78, 5) is 27.3. The van der Waals surface area contributed by atoms with Gasteiger partial charge >= 0.3 is 11.9 Å². The van der Waals surface area contributed by atoms with Crippen molar-refractivity contribution in [3.05, 3.63) is 0 Å². The number of piperidine rings is 1. The maximum absolute atomic E-state index is 13.2. The van der Waals surface area contributed by atoms with Crippen molar-refractivity contribution in [2.45, 2.75) is 95.5 Å². The molecule has 9 nitrogen and oxygen atoms in total. The third-order valence-electron chi connectivity index (χ3n) is 12.8. The summed E-state index contributed by atoms with van der Waals surface area (Å²) in [5.41, 5.74) is -3.52. The maximum Gasteiger partial charge on any atom is 0.303 e. The molecule has 15 atom stereocenters. The Morgan fingerprint density at radius 3 is 2.18 bits per heavy atom. The third kappa shape index (κ3) is 2.67. The van der Waals surface area contributed by atoms with E-state index in [1.165, 1.54) is 13.8 Å². The van der Waals surface area contributed by atoms with Gasteiger partial charge in [0.15, 0.2) is 0 Å². The van der Waals surface area contributed by atoms with E-state index in [0.717, 1.165) is 19.4 Å². The lowest BCUT2D eigenvalue weighted by molar-refractivity contribution is -0.307. The molecule has 0 amide bonds. The molecule has 1 saturated heterocycles. The molecule has 6 rings (SSSR count). The van der Waals surface area contributed by atoms with Gasteiger partial charge in [-0.25, -0.2) is 0 Å². The van der Waals surface area contributed by atoms with E-state index in [9.17, 15) is 19.8 Å². The second-order valence-electron chi connectivity index (χ2n) is 13.6. The van der Waals surface area contributed by atoms with Crippen LogP contribution in [0.4, 0.5) is 0 Å². The average molecular weight is 536 g/mol. The van der Waals surface area contributed by atoms with Gasteiger partial charge < -0.3 is 34.1 Å². The molecule has 1 heterocycles. The van der Waals surface area contributed by atoms with Crippen molar-refractivity contribution in [2.24, 2.45) is 46.3 Å². The van der Waals surface area contributed by atoms with E-state index in [1.807, 2.05) is 6.92 Å². The van der Waals surface area contributed by atoms with E-state index < -0.39 is 58.5 Å². The molecule has 7 bridgehead atoms. The van der Waals surface area contributed by atoms with Gasteiger partial charge in [-0.2, -0.15) is 0 Å². The molecule has 6 aliphatic rings. The summed E-state index contributed by atoms with van der Waals surface area (Å²) >= 11 is 0. The number of carbonyl (C=O) groups excluding carboxylic acids is 2. The third-order valence-corrected chi connectivity index (χ3v) is 12.8. The fourth-order valence-corrected chi connectivity index (χ4v) is 12.0. The summed E-state index contributed by atoms with van der Waals surface area (Å²) < 4.78 is 24.7. The Kier molecular flexibility index (Phi) is 5.78. The van der Waals surface area contributed by atoms with Crippen molar-refractivity contribution < 1.29 is 38.7 Å². The Morgan fingerprint density at radius 1 is 1.00 bits per heavy atom. The van der Waals surface area contributed by atoms with Gasteiger partial charge in [0.25, 0.3) is 0 Å². The standard InChI is InChI=1S/C29H45NO8/c1-9-26-12-30(6)23-20-21(36-8)22(26)28(23,18(35-7)10-13(26)2)17-11-27(33)14(3)24(37-15(4)31)29(20,34)19(17)25(27)38-16(5)32/h13-14,17-25,33-34H,9-12H2,1-8H3/t13-,14+,17-,18+,19-,20?,21+,22-,23-,24+,25-,26-,27+,28+,29-/m1/s1. The summed E-state index contributed by atoms with van der Waals surface area (Å²) in [5.74, 6) is -2.48. The minimum Gasteiger partial charge on any atom is -0.459 e. The molecule has 38 heavy (non-hydrogen) atoms. The second-order valence-corrected chi connectivity index (χ2v) is 13.6. The molecule has 1 spiro atoms. The molecule has 6 fully saturated rings. The lowest BCUT2D eigenvalue weighted by Crippen LogP contribution is -2.79. The molecule has 0 aromatic rings. The Balaban J connectivity index is 1.68. The highest BCUT2D eigenvalue weighted by Crippen LogP contribution is 2.81. The summed E-state index contributed by atoms with van der Waals surface area (Å²) in [7, 11) is 5.65. The van der Waals surface area contributed by atoms with Gasteiger partial charge in [0, 0.05) is 69.7 Å². The summed E-state index contributed by atoms with van der Waals surface area (Å²) in [6, 6.07) is -0.107. The van der Waals surface area contributed by atoms with Crippen LogP contribution >= 0.6 is 0 Å². The zero-order chi connectivity index (χ0) is 27.7. The predicted octanol–water partition coefficient (Wildman–Crippen LogP) is 1.62. The van der Waals surface area contributed by atoms with Gasteiger partial charge in [0.1, 0.15) is 23.4 Å². The maximum atomic E-state index is 13.2. The number of hydrogen-bond acceptors (Lipinski definition) is 9. The number of carbonyl (C=O) groups is 2. The van der Waals surface area contributed by atoms with Crippen molar-refractivity contribution in [3.8, 4) is 0 Å². The van der Waals surface area contributed by atoms with Crippen molar-refractivity contribution in [3.63, 3.8) is 0 Å². The van der Waals surface area contributed by atoms with E-state index >= 15 is 0 Å². The van der Waals surface area contributed by atoms with Crippen LogP contribution in [0.1, 0.15) is 53.9 Å². The molecular weight excluding hydrogens is 490 g/mol. The number of esters is 2. The molecule has 9 heteroatoms. The first-order chi connectivity index (χ1) is 17.8. The van der Waals surface area contributed by atoms with Crippen LogP contribution in [0.5, 0.6) is 0 Å². The highest BCUT2D eigenvalue weighted by Gasteiger charge is 2.90. The zero-order valence-corrected chi connectivity index (χ0v) is 24.0. The minimum atomic E-state index is -1.56. The fraction of sp³-hybridized carbons (Fsp3) is 0.931. The number of fused-ring (bicyclic) bond motifs is 2. The van der Waals surface area contributed by atoms with Gasteiger partial charge in [-0.1, -0.05) is 20.8 Å². The van der Waals surface area contributed by atoms with Crippen LogP contribution in [0.25, 0.3) is 0 Å². The van der Waals surface area contributed by atoms with Crippen LogP contribution in [0.3, 0.4) is 0 Å². The number of ether oxygens (including phenoxy) is 4. The van der Waals surface area contributed by atoms with E-state index in [0.29, 0.717) is 12.3 Å². The molecular formula is C29H45NO8. The van der Waals surface area contributed by atoms with E-state index in [2.05, 4.69) is 25.8 Å². The summed E-state index contributed by atoms with van der Waals surface area (Å²) in [6.07, 6.45) is -0.116. The number of nitrogens with zero attached hydrogens (tertiary/aromatic N) is 1. The van der Waals surface area contributed by atoms with Crippen molar-refractivity contribution in [1.29, 1.82) is 0 Å². The van der Waals surface area contributed by atoms with E-state index in [4.69, 9.17) is 18.9 Å². The Labute approximate surface area is 225 Å². The van der Waals surface area contributed by atoms with Gasteiger partial charge in [-0.3, -0.25) is 9.59 Å². The molecule has 0 radical (unpaired) electrons. The molecule has 5 aliphatic carbocycles. The first-order valence-corrected chi connectivity index (χ1v) is 14.4. The number of aliphatic hydroxyl groups is 2. The molecule has 1 unspecified atom stereocenters. The van der Waals surface area contributed by atoms with Gasteiger partial charge in [-0.15, -0.1) is 0 Å². The van der Waals surface area contributed by atoms with E-state index in [1.54, 1.807) is 14.2 Å². The van der Waals surface area contributed by atoms with Gasteiger partial charge in [-0.05, 0) is 43.6 Å². The Hall–Kier alpha value is -1.26. The van der Waals surface area contributed by atoms with Crippen LogP contribution in [0, 0.1) is 46.3 Å². The molecule has 0 aromatic heterocycles. The van der Waals surface area contributed by atoms with Gasteiger partial charge in [0.05, 0.1) is 12.2 Å². The monoisotopic (exact) mass is 535 g/mol.